The summed E-state index contributed by atoms with van der Waals surface area (Å²) in [5.74, 6) is 2.08. The molecule has 2 aromatic rings. The highest BCUT2D eigenvalue weighted by Gasteiger charge is 2.16. The van der Waals surface area contributed by atoms with Crippen molar-refractivity contribution in [1.82, 2.24) is 15.2 Å². The van der Waals surface area contributed by atoms with Crippen LogP contribution in [0.1, 0.15) is 37.3 Å². The lowest BCUT2D eigenvalue weighted by molar-refractivity contribution is 0.440. The molecule has 2 aliphatic heterocycles. The normalized spacial score (nSPS) is 17.4. The van der Waals surface area contributed by atoms with Gasteiger partial charge >= 0.3 is 0 Å². The molecule has 1 fully saturated rings. The molecule has 0 unspecified atom stereocenters. The third kappa shape index (κ3) is 4.97. The van der Waals surface area contributed by atoms with E-state index < -0.39 is 0 Å². The van der Waals surface area contributed by atoms with Crippen LogP contribution < -0.4 is 10.2 Å². The van der Waals surface area contributed by atoms with Crippen LogP contribution in [0.25, 0.3) is 5.57 Å². The molecular formula is C24H31N5. The quantitative estimate of drug-likeness (QED) is 0.621. The zero-order valence-electron chi connectivity index (χ0n) is 17.3. The van der Waals surface area contributed by atoms with E-state index in [9.17, 15) is 0 Å². The number of hydrogen-bond donors (Lipinski definition) is 1. The maximum Gasteiger partial charge on any atom is 0.194 e. The molecule has 29 heavy (non-hydrogen) atoms. The van der Waals surface area contributed by atoms with Gasteiger partial charge in [-0.1, -0.05) is 42.5 Å². The summed E-state index contributed by atoms with van der Waals surface area (Å²) in [5, 5.41) is 3.45. The van der Waals surface area contributed by atoms with Gasteiger partial charge < -0.3 is 15.1 Å². The number of benzene rings is 1. The van der Waals surface area contributed by atoms with Crippen molar-refractivity contribution >= 4 is 17.4 Å². The molecular weight excluding hydrogens is 358 g/mol. The molecule has 0 bridgehead atoms. The van der Waals surface area contributed by atoms with Gasteiger partial charge in [-0.25, -0.2) is 9.98 Å². The molecule has 5 nitrogen and oxygen atoms in total. The van der Waals surface area contributed by atoms with Crippen LogP contribution >= 0.6 is 0 Å². The van der Waals surface area contributed by atoms with Gasteiger partial charge in [-0.2, -0.15) is 0 Å². The van der Waals surface area contributed by atoms with E-state index in [0.29, 0.717) is 6.54 Å². The molecule has 3 heterocycles. The summed E-state index contributed by atoms with van der Waals surface area (Å²) in [6.45, 7) is 7.78. The van der Waals surface area contributed by atoms with Crippen molar-refractivity contribution < 1.29 is 0 Å². The van der Waals surface area contributed by atoms with E-state index in [-0.39, 0.29) is 0 Å². The summed E-state index contributed by atoms with van der Waals surface area (Å²) >= 11 is 0. The summed E-state index contributed by atoms with van der Waals surface area (Å²) in [6, 6.07) is 15.0. The molecule has 0 radical (unpaired) electrons. The number of aromatic nitrogens is 1. The van der Waals surface area contributed by atoms with E-state index in [4.69, 9.17) is 4.99 Å². The molecule has 5 heteroatoms. The van der Waals surface area contributed by atoms with Crippen LogP contribution in [0.5, 0.6) is 0 Å². The van der Waals surface area contributed by atoms with Crippen molar-refractivity contribution in [3.8, 4) is 0 Å². The maximum atomic E-state index is 4.88. The van der Waals surface area contributed by atoms with E-state index >= 15 is 0 Å². The Kier molecular flexibility index (Phi) is 6.45. The summed E-state index contributed by atoms with van der Waals surface area (Å²) in [4.78, 5) is 14.2. The van der Waals surface area contributed by atoms with E-state index in [1.807, 2.05) is 6.20 Å². The minimum atomic E-state index is 0.654. The first kappa shape index (κ1) is 19.5. The Hall–Kier alpha value is -2.82. The second-order valence-corrected chi connectivity index (χ2v) is 7.68. The van der Waals surface area contributed by atoms with Crippen LogP contribution in [0.2, 0.25) is 0 Å². The predicted molar refractivity (Wildman–Crippen MR) is 121 cm³/mol. The van der Waals surface area contributed by atoms with Gasteiger partial charge in [-0.15, -0.1) is 0 Å². The fourth-order valence-corrected chi connectivity index (χ4v) is 4.01. The van der Waals surface area contributed by atoms with Crippen LogP contribution in [0.3, 0.4) is 0 Å². The highest BCUT2D eigenvalue weighted by molar-refractivity contribution is 5.81. The third-order valence-electron chi connectivity index (χ3n) is 5.64. The smallest absolute Gasteiger partial charge is 0.194 e. The van der Waals surface area contributed by atoms with E-state index in [1.165, 1.54) is 24.0 Å². The summed E-state index contributed by atoms with van der Waals surface area (Å²) < 4.78 is 0. The Morgan fingerprint density at radius 1 is 1.07 bits per heavy atom. The van der Waals surface area contributed by atoms with Crippen LogP contribution in [-0.4, -0.2) is 48.6 Å². The minimum Gasteiger partial charge on any atom is -0.357 e. The van der Waals surface area contributed by atoms with Crippen molar-refractivity contribution in [3.05, 3.63) is 65.9 Å². The number of hydrogen-bond acceptors (Lipinski definition) is 3. The van der Waals surface area contributed by atoms with E-state index in [2.05, 4.69) is 75.6 Å². The highest BCUT2D eigenvalue weighted by Crippen LogP contribution is 2.22. The summed E-state index contributed by atoms with van der Waals surface area (Å²) in [6.07, 6.45) is 7.90. The SMILES string of the molecule is CCNC(=NCc1ccc(N2CCCC2)nc1)N1CC=C(c2ccccc2)CC1. The lowest BCUT2D eigenvalue weighted by Gasteiger charge is -2.30. The molecule has 1 saturated heterocycles. The molecule has 0 saturated carbocycles. The van der Waals surface area contributed by atoms with Gasteiger partial charge in [-0.3, -0.25) is 0 Å². The zero-order chi connectivity index (χ0) is 19.9. The van der Waals surface area contributed by atoms with E-state index in [0.717, 1.165) is 56.5 Å². The van der Waals surface area contributed by atoms with Gasteiger partial charge in [0.25, 0.3) is 0 Å². The second-order valence-electron chi connectivity index (χ2n) is 7.68. The average Bonchev–Trinajstić information content (AvgIpc) is 3.33. The number of nitrogens with one attached hydrogen (secondary N) is 1. The van der Waals surface area contributed by atoms with Crippen molar-refractivity contribution in [1.29, 1.82) is 0 Å². The average molecular weight is 390 g/mol. The fourth-order valence-electron chi connectivity index (χ4n) is 4.01. The van der Waals surface area contributed by atoms with Crippen molar-refractivity contribution in [2.24, 2.45) is 4.99 Å². The van der Waals surface area contributed by atoms with Gasteiger partial charge in [0, 0.05) is 38.9 Å². The number of guanidine groups is 1. The minimum absolute atomic E-state index is 0.654. The first-order valence-electron chi connectivity index (χ1n) is 10.8. The van der Waals surface area contributed by atoms with Crippen LogP contribution in [0.4, 0.5) is 5.82 Å². The molecule has 1 N–H and O–H groups in total. The Bertz CT molecular complexity index is 835. The fraction of sp³-hybridized carbons (Fsp3) is 0.417. The third-order valence-corrected chi connectivity index (χ3v) is 5.64. The Labute approximate surface area is 174 Å². The summed E-state index contributed by atoms with van der Waals surface area (Å²) in [5.41, 5.74) is 3.92. The number of nitrogens with zero attached hydrogens (tertiary/aromatic N) is 4. The lowest BCUT2D eigenvalue weighted by Crippen LogP contribution is -2.43. The second kappa shape index (κ2) is 9.59. The largest absolute Gasteiger partial charge is 0.357 e. The monoisotopic (exact) mass is 389 g/mol. The number of rotatable bonds is 5. The molecule has 0 atom stereocenters. The van der Waals surface area contributed by atoms with Gasteiger partial charge in [0.1, 0.15) is 5.82 Å². The van der Waals surface area contributed by atoms with Gasteiger partial charge in [0.05, 0.1) is 6.54 Å². The van der Waals surface area contributed by atoms with Gasteiger partial charge in [0.15, 0.2) is 5.96 Å². The van der Waals surface area contributed by atoms with Gasteiger partial charge in [-0.05, 0) is 49.0 Å². The first-order valence-corrected chi connectivity index (χ1v) is 10.8. The molecule has 0 aliphatic carbocycles. The van der Waals surface area contributed by atoms with Crippen molar-refractivity contribution in [2.45, 2.75) is 32.7 Å². The lowest BCUT2D eigenvalue weighted by atomic mass is 10.00. The highest BCUT2D eigenvalue weighted by atomic mass is 15.3. The molecule has 4 rings (SSSR count). The standard InChI is InChI=1S/C24H31N5/c1-2-25-24(29-16-12-22(13-17-29)21-8-4-3-5-9-21)27-19-20-10-11-23(26-18-20)28-14-6-7-15-28/h3-5,8-12,18H,2,6-7,13-17,19H2,1H3,(H,25,27). The van der Waals surface area contributed by atoms with Crippen LogP contribution in [0.15, 0.2) is 59.7 Å². The van der Waals surface area contributed by atoms with Crippen LogP contribution in [-0.2, 0) is 6.54 Å². The number of pyridine rings is 1. The van der Waals surface area contributed by atoms with E-state index in [1.54, 1.807) is 0 Å². The van der Waals surface area contributed by atoms with Crippen molar-refractivity contribution in [3.63, 3.8) is 0 Å². The zero-order valence-corrected chi connectivity index (χ0v) is 17.3. The Morgan fingerprint density at radius 2 is 1.90 bits per heavy atom. The predicted octanol–water partition coefficient (Wildman–Crippen LogP) is 3.94. The molecule has 1 aromatic carbocycles. The molecule has 152 valence electrons. The molecule has 2 aliphatic rings. The summed E-state index contributed by atoms with van der Waals surface area (Å²) in [7, 11) is 0. The van der Waals surface area contributed by atoms with Gasteiger partial charge in [0.2, 0.25) is 0 Å². The topological polar surface area (TPSA) is 43.8 Å². The van der Waals surface area contributed by atoms with Crippen molar-refractivity contribution in [2.75, 3.05) is 37.6 Å². The molecule has 0 spiro atoms. The first-order chi connectivity index (χ1) is 14.3. The number of anilines is 1. The van der Waals surface area contributed by atoms with Crippen LogP contribution in [0, 0.1) is 0 Å². The maximum absolute atomic E-state index is 4.88. The Morgan fingerprint density at radius 3 is 2.55 bits per heavy atom. The molecule has 0 amide bonds. The Balaban J connectivity index is 1.39. The number of aliphatic imine (C=N–C) groups is 1. The molecule has 1 aromatic heterocycles.